The quantitative estimate of drug-likeness (QED) is 0.260. The van der Waals surface area contributed by atoms with Gasteiger partial charge < -0.3 is 9.47 Å². The van der Waals surface area contributed by atoms with E-state index >= 15 is 0 Å². The Kier molecular flexibility index (Phi) is 7.37. The zero-order valence-electron chi connectivity index (χ0n) is 21.5. The number of hydrogen-bond donors (Lipinski definition) is 0. The number of benzene rings is 2. The number of esters is 2. The van der Waals surface area contributed by atoms with Crippen molar-refractivity contribution in [3.05, 3.63) is 129 Å². The second-order valence-electron chi connectivity index (χ2n) is 8.40. The zero-order chi connectivity index (χ0) is 27.9. The number of fused-ring (bicyclic) bond motifs is 8. The molecule has 2 aromatic heterocycles. The lowest BCUT2D eigenvalue weighted by molar-refractivity contribution is 0.0592. The number of aromatic nitrogens is 2. The van der Waals surface area contributed by atoms with Gasteiger partial charge in [-0.1, -0.05) is 35.8 Å². The Bertz CT molecular complexity index is 1690. The van der Waals surface area contributed by atoms with Crippen molar-refractivity contribution in [2.24, 2.45) is 0 Å². The average molecular weight is 519 g/mol. The molecule has 0 amide bonds. The van der Waals surface area contributed by atoms with Crippen LogP contribution in [0.4, 0.5) is 0 Å². The van der Waals surface area contributed by atoms with Gasteiger partial charge in [0.25, 0.3) is 0 Å². The summed E-state index contributed by atoms with van der Waals surface area (Å²) in [6.07, 6.45) is 0. The Morgan fingerprint density at radius 1 is 0.500 bits per heavy atom. The molecule has 0 aliphatic carbocycles. The van der Waals surface area contributed by atoms with Crippen molar-refractivity contribution in [1.29, 1.82) is 0 Å². The lowest BCUT2D eigenvalue weighted by Gasteiger charge is -2.02. The molecular weight excluding hydrogens is 500 g/mol. The molecule has 0 atom stereocenters. The van der Waals surface area contributed by atoms with Crippen molar-refractivity contribution in [2.75, 3.05) is 14.2 Å². The van der Waals surface area contributed by atoms with E-state index in [1.165, 1.54) is 14.2 Å². The fraction of sp³-hybridized carbons (Fsp3) is 0.0588. The number of hydrogen-bond acceptors (Lipinski definition) is 6. The number of rotatable bonds is 2. The maximum Gasteiger partial charge on any atom is 0.337 e. The molecule has 0 saturated heterocycles. The van der Waals surface area contributed by atoms with Gasteiger partial charge >= 0.3 is 11.9 Å². The summed E-state index contributed by atoms with van der Waals surface area (Å²) < 4.78 is 9.80. The van der Waals surface area contributed by atoms with Gasteiger partial charge in [0.2, 0.25) is 0 Å². The largest absolute Gasteiger partial charge is 0.465 e. The first-order chi connectivity index (χ1) is 19.5. The fourth-order valence-corrected chi connectivity index (χ4v) is 3.71. The van der Waals surface area contributed by atoms with Gasteiger partial charge in [-0.05, 0) is 84.3 Å². The molecule has 5 rings (SSSR count). The monoisotopic (exact) mass is 518 g/mol. The third-order valence-corrected chi connectivity index (χ3v) is 5.55. The summed E-state index contributed by atoms with van der Waals surface area (Å²) in [6.45, 7) is 0. The van der Waals surface area contributed by atoms with E-state index < -0.39 is 11.9 Å². The van der Waals surface area contributed by atoms with Gasteiger partial charge in [0.1, 0.15) is 22.8 Å². The molecule has 2 aromatic carbocycles. The van der Waals surface area contributed by atoms with Crippen molar-refractivity contribution in [2.45, 2.75) is 0 Å². The highest BCUT2D eigenvalue weighted by Gasteiger charge is 2.09. The Hall–Kier alpha value is -6.08. The van der Waals surface area contributed by atoms with Gasteiger partial charge in [0.05, 0.1) is 25.3 Å². The number of pyridine rings is 2. The molecule has 0 spiro atoms. The van der Waals surface area contributed by atoms with Crippen molar-refractivity contribution in [3.63, 3.8) is 0 Å². The van der Waals surface area contributed by atoms with Gasteiger partial charge in [-0.3, -0.25) is 0 Å². The Morgan fingerprint density at radius 2 is 0.800 bits per heavy atom. The molecule has 6 heteroatoms. The molecule has 0 radical (unpaired) electrons. The SMILES string of the molecule is COC(=O)c1cc2cc(c1)C#Cc1cccc(n1)C#Cc1cc(cc(C(=O)OC)c1)C#Cc1cccc(n1)C#C2. The van der Waals surface area contributed by atoms with Crippen molar-refractivity contribution in [3.8, 4) is 47.4 Å². The molecule has 3 heterocycles. The van der Waals surface area contributed by atoms with Crippen LogP contribution in [0.2, 0.25) is 0 Å². The average Bonchev–Trinajstić information content (AvgIpc) is 3.00. The van der Waals surface area contributed by atoms with Crippen LogP contribution in [0, 0.1) is 47.4 Å². The van der Waals surface area contributed by atoms with E-state index in [4.69, 9.17) is 9.47 Å². The van der Waals surface area contributed by atoms with E-state index in [0.717, 1.165) is 0 Å². The van der Waals surface area contributed by atoms with Crippen LogP contribution in [-0.4, -0.2) is 36.1 Å². The molecule has 6 nitrogen and oxygen atoms in total. The molecule has 40 heavy (non-hydrogen) atoms. The highest BCUT2D eigenvalue weighted by atomic mass is 16.5. The summed E-state index contributed by atoms with van der Waals surface area (Å²) >= 11 is 0. The van der Waals surface area contributed by atoms with Crippen molar-refractivity contribution < 1.29 is 19.1 Å². The van der Waals surface area contributed by atoms with Crippen molar-refractivity contribution in [1.82, 2.24) is 9.97 Å². The van der Waals surface area contributed by atoms with Crippen LogP contribution >= 0.6 is 0 Å². The van der Waals surface area contributed by atoms with Crippen LogP contribution in [0.5, 0.6) is 0 Å². The number of carbonyl (C=O) groups excluding carboxylic acids is 2. The minimum atomic E-state index is -0.495. The number of ether oxygens (including phenoxy) is 2. The number of nitrogens with zero attached hydrogens (tertiary/aromatic N) is 2. The summed E-state index contributed by atoms with van der Waals surface area (Å²) in [7, 11) is 2.64. The van der Waals surface area contributed by atoms with E-state index in [1.54, 1.807) is 72.8 Å². The first-order valence-corrected chi connectivity index (χ1v) is 12.0. The summed E-state index contributed by atoms with van der Waals surface area (Å²) in [6, 6.07) is 20.8. The molecule has 4 aromatic rings. The highest BCUT2D eigenvalue weighted by Crippen LogP contribution is 2.13. The number of carbonyl (C=O) groups is 2. The van der Waals surface area contributed by atoms with E-state index in [9.17, 15) is 9.59 Å². The topological polar surface area (TPSA) is 78.4 Å². The molecule has 1 aliphatic rings. The molecule has 0 unspecified atom stereocenters. The fourth-order valence-electron chi connectivity index (χ4n) is 3.71. The molecule has 8 bridgehead atoms. The van der Waals surface area contributed by atoms with E-state index in [0.29, 0.717) is 56.2 Å². The summed E-state index contributed by atoms with van der Waals surface area (Å²) in [4.78, 5) is 33.6. The highest BCUT2D eigenvalue weighted by molar-refractivity contribution is 5.91. The maximum atomic E-state index is 12.3. The minimum Gasteiger partial charge on any atom is -0.465 e. The third-order valence-electron chi connectivity index (χ3n) is 5.55. The predicted octanol–water partition coefficient (Wildman–Crippen LogP) is 3.96. The Balaban J connectivity index is 1.70. The molecule has 1 aliphatic heterocycles. The lowest BCUT2D eigenvalue weighted by atomic mass is 10.1. The standard InChI is InChI=1S/C34H18N2O4/c1-39-33(37)27-19-23-9-13-29-5-3-7-31(35-29)15-11-25-18-26(22-28(21-25)34(38)40-2)12-16-32-8-4-6-30(36-32)14-10-24(17-23)20-27/h3-8,17-22H,1-2H3. The van der Waals surface area contributed by atoms with E-state index in [1.807, 2.05) is 0 Å². The number of methoxy groups -OCH3 is 2. The van der Waals surface area contributed by atoms with Crippen LogP contribution in [0.25, 0.3) is 0 Å². The molecule has 0 fully saturated rings. The van der Waals surface area contributed by atoms with Crippen molar-refractivity contribution >= 4 is 11.9 Å². The van der Waals surface area contributed by atoms with Crippen LogP contribution in [0.1, 0.15) is 65.7 Å². The zero-order valence-corrected chi connectivity index (χ0v) is 21.5. The maximum absolute atomic E-state index is 12.3. The molecule has 0 saturated carbocycles. The Morgan fingerprint density at radius 3 is 1.07 bits per heavy atom. The van der Waals surface area contributed by atoms with E-state index in [2.05, 4.69) is 57.3 Å². The van der Waals surface area contributed by atoms with Gasteiger partial charge in [0.15, 0.2) is 0 Å². The first-order valence-electron chi connectivity index (χ1n) is 12.0. The molecule has 188 valence electrons. The summed E-state index contributed by atoms with van der Waals surface area (Å²) in [5.74, 6) is 23.3. The van der Waals surface area contributed by atoms with E-state index in [-0.39, 0.29) is 0 Å². The summed E-state index contributed by atoms with van der Waals surface area (Å²) in [5, 5.41) is 0. The first kappa shape index (κ1) is 25.6. The molecule has 0 N–H and O–H groups in total. The second-order valence-corrected chi connectivity index (χ2v) is 8.40. The van der Waals surface area contributed by atoms with Crippen LogP contribution < -0.4 is 0 Å². The normalized spacial score (nSPS) is 10.4. The Labute approximate surface area is 231 Å². The smallest absolute Gasteiger partial charge is 0.337 e. The van der Waals surface area contributed by atoms with Crippen LogP contribution in [-0.2, 0) is 9.47 Å². The third kappa shape index (κ3) is 6.24. The van der Waals surface area contributed by atoms with Gasteiger partial charge in [-0.15, -0.1) is 0 Å². The van der Waals surface area contributed by atoms with Crippen LogP contribution in [0.3, 0.4) is 0 Å². The molecular formula is C34H18N2O4. The lowest BCUT2D eigenvalue weighted by Crippen LogP contribution is -2.02. The predicted molar refractivity (Wildman–Crippen MR) is 148 cm³/mol. The minimum absolute atomic E-state index is 0.327. The van der Waals surface area contributed by atoms with Crippen LogP contribution in [0.15, 0.2) is 72.8 Å². The van der Waals surface area contributed by atoms with Gasteiger partial charge in [-0.2, -0.15) is 0 Å². The summed E-state index contributed by atoms with van der Waals surface area (Å²) in [5.41, 5.74) is 4.91. The second kappa shape index (κ2) is 11.5. The van der Waals surface area contributed by atoms with Gasteiger partial charge in [0, 0.05) is 22.3 Å². The van der Waals surface area contributed by atoms with Gasteiger partial charge in [-0.25, -0.2) is 19.6 Å².